The molecule has 0 spiro atoms. The summed E-state index contributed by atoms with van der Waals surface area (Å²) in [6.07, 6.45) is 5.00. The van der Waals surface area contributed by atoms with Gasteiger partial charge in [-0.25, -0.2) is 19.0 Å². The number of carbonyl (C=O) groups excluding carboxylic acids is 1. The molecule has 1 aliphatic carbocycles. The van der Waals surface area contributed by atoms with Crippen molar-refractivity contribution in [2.24, 2.45) is 0 Å². The zero-order chi connectivity index (χ0) is 19.8. The number of amides is 1. The Hall–Kier alpha value is -3.81. The summed E-state index contributed by atoms with van der Waals surface area (Å²) in [6, 6.07) is 14.1. The smallest absolute Gasteiger partial charge is 0.251 e. The molecule has 0 bridgehead atoms. The number of benzene rings is 2. The maximum absolute atomic E-state index is 14.4. The first-order valence-corrected chi connectivity index (χ1v) is 9.30. The largest absolute Gasteiger partial charge is 0.349 e. The van der Waals surface area contributed by atoms with Crippen LogP contribution in [0.1, 0.15) is 23.2 Å². The summed E-state index contributed by atoms with van der Waals surface area (Å²) in [4.78, 5) is 20.8. The number of nitrogens with zero attached hydrogens (tertiary/aromatic N) is 4. The predicted molar refractivity (Wildman–Crippen MR) is 107 cm³/mol. The SMILES string of the molecule is O=C(NC1CC1)c1ccc(F)c(Nc2ncnc3c2cnn3-c2ccccc2)c1. The van der Waals surface area contributed by atoms with E-state index in [1.54, 1.807) is 10.9 Å². The fourth-order valence-electron chi connectivity index (χ4n) is 3.09. The first kappa shape index (κ1) is 17.3. The highest BCUT2D eigenvalue weighted by Gasteiger charge is 2.24. The van der Waals surface area contributed by atoms with Crippen molar-refractivity contribution in [1.82, 2.24) is 25.1 Å². The van der Waals surface area contributed by atoms with E-state index in [9.17, 15) is 9.18 Å². The lowest BCUT2D eigenvalue weighted by molar-refractivity contribution is 0.0951. The van der Waals surface area contributed by atoms with Crippen molar-refractivity contribution in [2.75, 3.05) is 5.32 Å². The number of rotatable bonds is 5. The summed E-state index contributed by atoms with van der Waals surface area (Å²) in [7, 11) is 0. The van der Waals surface area contributed by atoms with E-state index in [-0.39, 0.29) is 17.6 Å². The van der Waals surface area contributed by atoms with E-state index in [2.05, 4.69) is 25.7 Å². The van der Waals surface area contributed by atoms with Gasteiger partial charge >= 0.3 is 0 Å². The van der Waals surface area contributed by atoms with E-state index < -0.39 is 5.82 Å². The molecule has 1 aliphatic rings. The average Bonchev–Trinajstić information content (AvgIpc) is 3.45. The summed E-state index contributed by atoms with van der Waals surface area (Å²) >= 11 is 0. The Labute approximate surface area is 165 Å². The van der Waals surface area contributed by atoms with Crippen molar-refractivity contribution >= 4 is 28.4 Å². The van der Waals surface area contributed by atoms with E-state index in [4.69, 9.17) is 0 Å². The monoisotopic (exact) mass is 388 g/mol. The molecule has 7 nitrogen and oxygen atoms in total. The van der Waals surface area contributed by atoms with Crippen LogP contribution in [0.2, 0.25) is 0 Å². The van der Waals surface area contributed by atoms with Crippen molar-refractivity contribution < 1.29 is 9.18 Å². The Morgan fingerprint density at radius 3 is 2.72 bits per heavy atom. The van der Waals surface area contributed by atoms with Gasteiger partial charge in [-0.3, -0.25) is 4.79 Å². The molecule has 0 radical (unpaired) electrons. The van der Waals surface area contributed by atoms with Gasteiger partial charge in [-0.05, 0) is 43.2 Å². The van der Waals surface area contributed by atoms with Gasteiger partial charge in [0.25, 0.3) is 5.91 Å². The number of anilines is 2. The normalized spacial score (nSPS) is 13.4. The molecule has 1 saturated carbocycles. The van der Waals surface area contributed by atoms with Crippen molar-refractivity contribution in [3.8, 4) is 5.69 Å². The van der Waals surface area contributed by atoms with Crippen LogP contribution < -0.4 is 10.6 Å². The number of halogens is 1. The lowest BCUT2D eigenvalue weighted by atomic mass is 10.1. The fourth-order valence-corrected chi connectivity index (χ4v) is 3.09. The highest BCUT2D eigenvalue weighted by molar-refractivity contribution is 5.96. The Morgan fingerprint density at radius 1 is 1.10 bits per heavy atom. The number of hydrogen-bond donors (Lipinski definition) is 2. The van der Waals surface area contributed by atoms with Crippen LogP contribution in [0.5, 0.6) is 0 Å². The van der Waals surface area contributed by atoms with Gasteiger partial charge < -0.3 is 10.6 Å². The molecule has 4 aromatic rings. The van der Waals surface area contributed by atoms with Crippen molar-refractivity contribution in [3.63, 3.8) is 0 Å². The maximum Gasteiger partial charge on any atom is 0.251 e. The molecular formula is C21H17FN6O. The van der Waals surface area contributed by atoms with E-state index in [0.29, 0.717) is 22.4 Å². The van der Waals surface area contributed by atoms with Gasteiger partial charge in [-0.1, -0.05) is 18.2 Å². The topological polar surface area (TPSA) is 84.7 Å². The molecule has 29 heavy (non-hydrogen) atoms. The third-order valence-electron chi connectivity index (χ3n) is 4.76. The molecule has 144 valence electrons. The van der Waals surface area contributed by atoms with Gasteiger partial charge in [0.2, 0.25) is 0 Å². The van der Waals surface area contributed by atoms with Crippen molar-refractivity contribution in [3.05, 3.63) is 72.4 Å². The summed E-state index contributed by atoms with van der Waals surface area (Å²) < 4.78 is 16.1. The molecule has 1 fully saturated rings. The Bertz CT molecular complexity index is 1200. The van der Waals surface area contributed by atoms with Crippen molar-refractivity contribution in [1.29, 1.82) is 0 Å². The van der Waals surface area contributed by atoms with E-state index in [0.717, 1.165) is 18.5 Å². The molecule has 2 heterocycles. The minimum absolute atomic E-state index is 0.168. The van der Waals surface area contributed by atoms with Gasteiger partial charge in [-0.15, -0.1) is 0 Å². The van der Waals surface area contributed by atoms with E-state index >= 15 is 0 Å². The van der Waals surface area contributed by atoms with E-state index in [1.807, 2.05) is 30.3 Å². The van der Waals surface area contributed by atoms with Crippen molar-refractivity contribution in [2.45, 2.75) is 18.9 Å². The number of para-hydroxylation sites is 1. The molecule has 0 unspecified atom stereocenters. The quantitative estimate of drug-likeness (QED) is 0.546. The first-order chi connectivity index (χ1) is 14.2. The van der Waals surface area contributed by atoms with Crippen LogP contribution in [0.4, 0.5) is 15.9 Å². The fraction of sp³-hybridized carbons (Fsp3) is 0.143. The molecule has 1 amide bonds. The lowest BCUT2D eigenvalue weighted by Gasteiger charge is -2.10. The molecular weight excluding hydrogens is 371 g/mol. The molecule has 0 aliphatic heterocycles. The first-order valence-electron chi connectivity index (χ1n) is 9.30. The molecule has 2 N–H and O–H groups in total. The number of fused-ring (bicyclic) bond motifs is 1. The molecule has 2 aromatic carbocycles. The lowest BCUT2D eigenvalue weighted by Crippen LogP contribution is -2.25. The van der Waals surface area contributed by atoms with E-state index in [1.165, 1.54) is 24.5 Å². The molecule has 5 rings (SSSR count). The van der Waals surface area contributed by atoms with Gasteiger partial charge in [0.1, 0.15) is 18.0 Å². The second-order valence-corrected chi connectivity index (χ2v) is 6.92. The van der Waals surface area contributed by atoms with Gasteiger partial charge in [0.15, 0.2) is 5.65 Å². The number of carbonyl (C=O) groups is 1. The van der Waals surface area contributed by atoms with Gasteiger partial charge in [0.05, 0.1) is 23.0 Å². The maximum atomic E-state index is 14.4. The van der Waals surface area contributed by atoms with Crippen LogP contribution in [0, 0.1) is 5.82 Å². The zero-order valence-electron chi connectivity index (χ0n) is 15.3. The van der Waals surface area contributed by atoms with Crippen LogP contribution in [-0.2, 0) is 0 Å². The third kappa shape index (κ3) is 3.40. The van der Waals surface area contributed by atoms with Crippen LogP contribution in [0.15, 0.2) is 61.1 Å². The minimum atomic E-state index is -0.477. The second kappa shape index (κ2) is 6.97. The Kier molecular flexibility index (Phi) is 4.16. The van der Waals surface area contributed by atoms with Crippen LogP contribution in [-0.4, -0.2) is 31.7 Å². The molecule has 0 atom stereocenters. The van der Waals surface area contributed by atoms with Gasteiger partial charge in [-0.2, -0.15) is 5.10 Å². The second-order valence-electron chi connectivity index (χ2n) is 6.92. The summed E-state index contributed by atoms with van der Waals surface area (Å²) in [5.41, 5.74) is 2.01. The third-order valence-corrected chi connectivity index (χ3v) is 4.76. The molecule has 0 saturated heterocycles. The van der Waals surface area contributed by atoms with Gasteiger partial charge in [0, 0.05) is 11.6 Å². The molecule has 8 heteroatoms. The Balaban J connectivity index is 1.49. The number of nitrogens with one attached hydrogen (secondary N) is 2. The highest BCUT2D eigenvalue weighted by atomic mass is 19.1. The van der Waals surface area contributed by atoms with Crippen LogP contribution >= 0.6 is 0 Å². The number of aromatic nitrogens is 4. The summed E-state index contributed by atoms with van der Waals surface area (Å²) in [5, 5.41) is 10.9. The van der Waals surface area contributed by atoms with Crippen LogP contribution in [0.25, 0.3) is 16.7 Å². The Morgan fingerprint density at radius 2 is 1.93 bits per heavy atom. The highest BCUT2D eigenvalue weighted by Crippen LogP contribution is 2.27. The van der Waals surface area contributed by atoms with Crippen LogP contribution in [0.3, 0.4) is 0 Å². The predicted octanol–water partition coefficient (Wildman–Crippen LogP) is 3.59. The average molecular weight is 388 g/mol. The number of hydrogen-bond acceptors (Lipinski definition) is 5. The zero-order valence-corrected chi connectivity index (χ0v) is 15.3. The molecule has 2 aromatic heterocycles. The standard InChI is InChI=1S/C21H17FN6O/c22-17-9-6-13(21(29)26-14-7-8-14)10-18(17)27-19-16-11-25-28(20(16)24-12-23-19)15-4-2-1-3-5-15/h1-6,9-12,14H,7-8H2,(H,26,29)(H,23,24,27). The summed E-state index contributed by atoms with van der Waals surface area (Å²) in [6.45, 7) is 0. The summed E-state index contributed by atoms with van der Waals surface area (Å²) in [5.74, 6) is -0.272. The minimum Gasteiger partial charge on any atom is -0.349 e.